The minimum Gasteiger partial charge on any atom is -0.264 e. The van der Waals surface area contributed by atoms with Gasteiger partial charge in [0.1, 0.15) is 5.69 Å². The predicted octanol–water partition coefficient (Wildman–Crippen LogP) is 1.71. The Kier molecular flexibility index (Phi) is 3.38. The van der Waals surface area contributed by atoms with Crippen LogP contribution in [0, 0.1) is 0 Å². The summed E-state index contributed by atoms with van der Waals surface area (Å²) in [6, 6.07) is 3.21. The second-order valence-electron chi connectivity index (χ2n) is 2.94. The maximum Gasteiger partial charge on any atom is 0.303 e. The highest BCUT2D eigenvalue weighted by atomic mass is 79.9. The van der Waals surface area contributed by atoms with Gasteiger partial charge >= 0.3 is 5.91 Å². The summed E-state index contributed by atoms with van der Waals surface area (Å²) in [4.78, 5) is 15.2. The van der Waals surface area contributed by atoms with Gasteiger partial charge in [-0.25, -0.2) is 9.19 Å². The number of rotatable bonds is 1. The van der Waals surface area contributed by atoms with E-state index in [0.29, 0.717) is 0 Å². The molecule has 0 radical (unpaired) electrons. The van der Waals surface area contributed by atoms with Gasteiger partial charge in [0.05, 0.1) is 0 Å². The smallest absolute Gasteiger partial charge is 0.264 e. The first kappa shape index (κ1) is 11.3. The van der Waals surface area contributed by atoms with E-state index < -0.39 is 15.6 Å². The van der Waals surface area contributed by atoms with Crippen LogP contribution < -0.4 is 0 Å². The zero-order valence-electron chi connectivity index (χ0n) is 7.73. The number of hydrogen-bond donors (Lipinski definition) is 0. The molecule has 0 aliphatic heterocycles. The number of halogens is 1. The first-order chi connectivity index (χ1) is 6.38. The lowest BCUT2D eigenvalue weighted by Gasteiger charge is -1.96. The zero-order valence-corrected chi connectivity index (χ0v) is 10.1. The summed E-state index contributed by atoms with van der Waals surface area (Å²) < 4.78 is 15.5. The van der Waals surface area contributed by atoms with Crippen LogP contribution in [0.25, 0.3) is 0 Å². The quantitative estimate of drug-likeness (QED) is 0.785. The molecule has 14 heavy (non-hydrogen) atoms. The van der Waals surface area contributed by atoms with E-state index in [-0.39, 0.29) is 5.69 Å². The van der Waals surface area contributed by atoms with Crippen molar-refractivity contribution < 1.29 is 9.00 Å². The number of carbonyl (C=O) groups is 1. The fourth-order valence-corrected chi connectivity index (χ4v) is 1.48. The molecule has 76 valence electrons. The van der Waals surface area contributed by atoms with Crippen molar-refractivity contribution in [2.45, 2.75) is 0 Å². The third-order valence-electron chi connectivity index (χ3n) is 1.25. The van der Waals surface area contributed by atoms with E-state index in [1.165, 1.54) is 24.8 Å². The third kappa shape index (κ3) is 3.55. The van der Waals surface area contributed by atoms with E-state index in [2.05, 4.69) is 25.3 Å². The Morgan fingerprint density at radius 1 is 1.50 bits per heavy atom. The van der Waals surface area contributed by atoms with E-state index in [1.807, 2.05) is 0 Å². The van der Waals surface area contributed by atoms with Crippen LogP contribution >= 0.6 is 15.9 Å². The Bertz CT molecular complexity index is 453. The van der Waals surface area contributed by atoms with Crippen molar-refractivity contribution >= 4 is 31.6 Å². The van der Waals surface area contributed by atoms with Gasteiger partial charge in [0.15, 0.2) is 0 Å². The molecule has 0 unspecified atom stereocenters. The van der Waals surface area contributed by atoms with E-state index in [9.17, 15) is 9.00 Å². The zero-order chi connectivity index (χ0) is 10.8. The second-order valence-corrected chi connectivity index (χ2v) is 6.40. The summed E-state index contributed by atoms with van der Waals surface area (Å²) in [5.41, 5.74) is 0.199. The molecular formula is C8H9BrN2O2S. The Balaban J connectivity index is 3.03. The summed E-state index contributed by atoms with van der Waals surface area (Å²) in [5.74, 6) is -0.549. The minimum absolute atomic E-state index is 0.199. The van der Waals surface area contributed by atoms with Crippen LogP contribution in [0.15, 0.2) is 27.2 Å². The Morgan fingerprint density at radius 3 is 2.57 bits per heavy atom. The Morgan fingerprint density at radius 2 is 2.14 bits per heavy atom. The molecule has 0 saturated carbocycles. The summed E-state index contributed by atoms with van der Waals surface area (Å²) in [6.07, 6.45) is 4.31. The molecule has 0 atom stereocenters. The molecule has 1 aromatic heterocycles. The van der Waals surface area contributed by atoms with Crippen LogP contribution in [-0.4, -0.2) is 27.6 Å². The van der Waals surface area contributed by atoms with Gasteiger partial charge in [-0.1, -0.05) is 0 Å². The molecule has 1 heterocycles. The highest BCUT2D eigenvalue weighted by Gasteiger charge is 2.06. The molecule has 0 bridgehead atoms. The fourth-order valence-electron chi connectivity index (χ4n) is 0.749. The Labute approximate surface area is 91.1 Å². The molecule has 0 aliphatic rings. The maximum atomic E-state index is 11.3. The molecule has 0 aromatic carbocycles. The normalized spacial score (nSPS) is 11.1. The molecule has 6 heteroatoms. The average molecular weight is 277 g/mol. The lowest BCUT2D eigenvalue weighted by molar-refractivity contribution is 0.100. The Hall–Kier alpha value is -0.750. The molecule has 0 N–H and O–H groups in total. The van der Waals surface area contributed by atoms with Gasteiger partial charge in [0.2, 0.25) is 0 Å². The molecule has 0 spiro atoms. The van der Waals surface area contributed by atoms with Crippen LogP contribution in [0.5, 0.6) is 0 Å². The third-order valence-corrected chi connectivity index (χ3v) is 2.32. The van der Waals surface area contributed by atoms with E-state index >= 15 is 0 Å². The van der Waals surface area contributed by atoms with Crippen LogP contribution in [0.2, 0.25) is 0 Å². The first-order valence-corrected chi connectivity index (χ1v) is 6.84. The SMILES string of the molecule is CS(C)(=O)=NC(=O)c1ccc(Br)cn1. The van der Waals surface area contributed by atoms with Gasteiger partial charge in [-0.3, -0.25) is 4.79 Å². The summed E-state index contributed by atoms with van der Waals surface area (Å²) >= 11 is 3.20. The lowest BCUT2D eigenvalue weighted by Crippen LogP contribution is -2.02. The average Bonchev–Trinajstić information content (AvgIpc) is 2.02. The monoisotopic (exact) mass is 276 g/mol. The van der Waals surface area contributed by atoms with Crippen molar-refractivity contribution in [1.82, 2.24) is 4.98 Å². The molecule has 0 aliphatic carbocycles. The summed E-state index contributed by atoms with van der Waals surface area (Å²) in [6.45, 7) is 0. The van der Waals surface area contributed by atoms with Crippen molar-refractivity contribution in [2.75, 3.05) is 12.5 Å². The molecule has 1 rings (SSSR count). The number of amides is 1. The molecule has 4 nitrogen and oxygen atoms in total. The first-order valence-electron chi connectivity index (χ1n) is 3.71. The van der Waals surface area contributed by atoms with Crippen LogP contribution in [0.1, 0.15) is 10.5 Å². The number of carbonyl (C=O) groups excluding carboxylic acids is 1. The van der Waals surface area contributed by atoms with E-state index in [1.54, 1.807) is 6.07 Å². The van der Waals surface area contributed by atoms with Gasteiger partial charge < -0.3 is 0 Å². The van der Waals surface area contributed by atoms with E-state index in [0.717, 1.165) is 4.47 Å². The number of hydrogen-bond acceptors (Lipinski definition) is 3. The highest BCUT2D eigenvalue weighted by molar-refractivity contribution is 9.10. The molecule has 1 amide bonds. The molecule has 0 fully saturated rings. The van der Waals surface area contributed by atoms with Crippen molar-refractivity contribution in [3.8, 4) is 0 Å². The van der Waals surface area contributed by atoms with Crippen LogP contribution in [0.3, 0.4) is 0 Å². The minimum atomic E-state index is -2.41. The van der Waals surface area contributed by atoms with Crippen molar-refractivity contribution in [2.24, 2.45) is 4.36 Å². The predicted molar refractivity (Wildman–Crippen MR) is 58.7 cm³/mol. The lowest BCUT2D eigenvalue weighted by atomic mass is 10.3. The van der Waals surface area contributed by atoms with Gasteiger partial charge in [0, 0.05) is 32.9 Å². The van der Waals surface area contributed by atoms with Crippen LogP contribution in [-0.2, 0) is 9.73 Å². The van der Waals surface area contributed by atoms with Gasteiger partial charge in [-0.15, -0.1) is 0 Å². The standard InChI is InChI=1S/C8H9BrN2O2S/c1-14(2,13)11-8(12)7-4-3-6(9)5-10-7/h3-5H,1-2H3. The highest BCUT2D eigenvalue weighted by Crippen LogP contribution is 2.08. The van der Waals surface area contributed by atoms with E-state index in [4.69, 9.17) is 0 Å². The number of pyridine rings is 1. The van der Waals surface area contributed by atoms with Gasteiger partial charge in [-0.05, 0) is 28.1 Å². The fraction of sp³-hybridized carbons (Fsp3) is 0.250. The molecular weight excluding hydrogens is 268 g/mol. The molecule has 0 saturated heterocycles. The second kappa shape index (κ2) is 4.18. The van der Waals surface area contributed by atoms with Crippen LogP contribution in [0.4, 0.5) is 0 Å². The van der Waals surface area contributed by atoms with Crippen molar-refractivity contribution in [3.63, 3.8) is 0 Å². The number of nitrogens with zero attached hydrogens (tertiary/aromatic N) is 2. The number of aromatic nitrogens is 1. The van der Waals surface area contributed by atoms with Crippen molar-refractivity contribution in [1.29, 1.82) is 0 Å². The summed E-state index contributed by atoms with van der Waals surface area (Å²) in [7, 11) is -2.41. The molecule has 1 aromatic rings. The summed E-state index contributed by atoms with van der Waals surface area (Å²) in [5, 5.41) is 0. The van der Waals surface area contributed by atoms with Gasteiger partial charge in [0.25, 0.3) is 0 Å². The maximum absolute atomic E-state index is 11.3. The van der Waals surface area contributed by atoms with Gasteiger partial charge in [-0.2, -0.15) is 4.36 Å². The largest absolute Gasteiger partial charge is 0.303 e. The van der Waals surface area contributed by atoms with Crippen molar-refractivity contribution in [3.05, 3.63) is 28.5 Å². The topological polar surface area (TPSA) is 59.4 Å².